The van der Waals surface area contributed by atoms with Crippen LogP contribution in [0.15, 0.2) is 133 Å². The standard InChI is InChI=1S/C43H36N2S/c1-27(2)33-17-11-18-34(28(3)4)41(33)45-39-22-9-8-21-38(39)44-43(45)37-20-12-19-36-35-24-23-32(26-40(35)46-42(36)37)31-16-10-15-30(25-31)29-13-6-5-7-14-29/h5-28H,1-4H3. The number of para-hydroxylation sites is 3. The van der Waals surface area contributed by atoms with Gasteiger partial charge in [-0.3, -0.25) is 4.57 Å². The Morgan fingerprint density at radius 1 is 0.543 bits per heavy atom. The molecule has 3 heteroatoms. The van der Waals surface area contributed by atoms with Crippen molar-refractivity contribution in [2.75, 3.05) is 0 Å². The number of benzene rings is 6. The van der Waals surface area contributed by atoms with Gasteiger partial charge in [0.05, 0.1) is 16.7 Å². The molecule has 0 bridgehead atoms. The predicted molar refractivity (Wildman–Crippen MR) is 198 cm³/mol. The molecule has 0 spiro atoms. The Bertz CT molecular complexity index is 2350. The molecule has 2 nitrogen and oxygen atoms in total. The monoisotopic (exact) mass is 612 g/mol. The van der Waals surface area contributed by atoms with E-state index in [2.05, 4.69) is 166 Å². The number of hydrogen-bond acceptors (Lipinski definition) is 2. The first-order valence-electron chi connectivity index (χ1n) is 16.2. The zero-order valence-electron chi connectivity index (χ0n) is 26.7. The van der Waals surface area contributed by atoms with Gasteiger partial charge in [0, 0.05) is 25.7 Å². The Hall–Kier alpha value is -4.99. The van der Waals surface area contributed by atoms with Crippen molar-refractivity contribution in [2.24, 2.45) is 0 Å². The minimum absolute atomic E-state index is 0.377. The molecule has 0 unspecified atom stereocenters. The summed E-state index contributed by atoms with van der Waals surface area (Å²) in [6, 6.07) is 48.5. The summed E-state index contributed by atoms with van der Waals surface area (Å²) in [5.74, 6) is 1.76. The Kier molecular flexibility index (Phi) is 7.07. The van der Waals surface area contributed by atoms with Crippen molar-refractivity contribution in [3.05, 3.63) is 145 Å². The van der Waals surface area contributed by atoms with Gasteiger partial charge in [-0.25, -0.2) is 4.98 Å². The second kappa shape index (κ2) is 11.4. The fraction of sp³-hybridized carbons (Fsp3) is 0.140. The summed E-state index contributed by atoms with van der Waals surface area (Å²) < 4.78 is 5.01. The number of thiophene rings is 1. The molecular formula is C43H36N2S. The van der Waals surface area contributed by atoms with Gasteiger partial charge in [-0.1, -0.05) is 131 Å². The first kappa shape index (κ1) is 28.5. The minimum Gasteiger partial charge on any atom is -0.292 e. The Balaban J connectivity index is 1.34. The third kappa shape index (κ3) is 4.74. The number of aromatic nitrogens is 2. The second-order valence-electron chi connectivity index (χ2n) is 12.8. The van der Waals surface area contributed by atoms with Gasteiger partial charge < -0.3 is 0 Å². The SMILES string of the molecule is CC(C)c1cccc(C(C)C)c1-n1c(-c2cccc3c2sc2cc(-c4cccc(-c5ccccc5)c4)ccc23)nc2ccccc21. The lowest BCUT2D eigenvalue weighted by molar-refractivity contribution is 0.811. The van der Waals surface area contributed by atoms with E-state index in [-0.39, 0.29) is 0 Å². The van der Waals surface area contributed by atoms with E-state index < -0.39 is 0 Å². The molecule has 0 N–H and O–H groups in total. The predicted octanol–water partition coefficient (Wildman–Crippen LogP) is 12.6. The third-order valence-corrected chi connectivity index (χ3v) is 10.4. The van der Waals surface area contributed by atoms with E-state index in [0.717, 1.165) is 16.9 Å². The van der Waals surface area contributed by atoms with E-state index in [1.807, 2.05) is 11.3 Å². The molecule has 2 heterocycles. The number of imidazole rings is 1. The molecule has 2 aromatic heterocycles. The molecule has 0 saturated heterocycles. The Labute approximate surface area is 274 Å². The summed E-state index contributed by atoms with van der Waals surface area (Å²) in [5, 5.41) is 2.57. The quantitative estimate of drug-likeness (QED) is 0.183. The van der Waals surface area contributed by atoms with Crippen LogP contribution < -0.4 is 0 Å². The van der Waals surface area contributed by atoms with Crippen LogP contribution in [0.1, 0.15) is 50.7 Å². The molecule has 46 heavy (non-hydrogen) atoms. The van der Waals surface area contributed by atoms with Crippen LogP contribution in [0.3, 0.4) is 0 Å². The highest BCUT2D eigenvalue weighted by molar-refractivity contribution is 7.26. The molecule has 0 aliphatic rings. The van der Waals surface area contributed by atoms with Gasteiger partial charge in [0.1, 0.15) is 5.82 Å². The fourth-order valence-corrected chi connectivity index (χ4v) is 8.12. The number of hydrogen-bond donors (Lipinski definition) is 0. The summed E-state index contributed by atoms with van der Waals surface area (Å²) >= 11 is 1.87. The van der Waals surface area contributed by atoms with E-state index in [9.17, 15) is 0 Å². The van der Waals surface area contributed by atoms with Gasteiger partial charge in [-0.05, 0) is 75.5 Å². The molecule has 0 amide bonds. The molecule has 8 rings (SSSR count). The van der Waals surface area contributed by atoms with Gasteiger partial charge in [0.15, 0.2) is 0 Å². The van der Waals surface area contributed by atoms with Crippen molar-refractivity contribution in [1.29, 1.82) is 0 Å². The highest BCUT2D eigenvalue weighted by atomic mass is 32.1. The minimum atomic E-state index is 0.377. The Morgan fingerprint density at radius 3 is 1.93 bits per heavy atom. The average Bonchev–Trinajstić information content (AvgIpc) is 3.66. The lowest BCUT2D eigenvalue weighted by Crippen LogP contribution is -2.08. The van der Waals surface area contributed by atoms with Crippen LogP contribution in [0.25, 0.3) is 70.5 Å². The molecule has 0 fully saturated rings. The first-order chi connectivity index (χ1) is 22.5. The maximum atomic E-state index is 5.35. The van der Waals surface area contributed by atoms with E-state index in [1.54, 1.807) is 0 Å². The van der Waals surface area contributed by atoms with Crippen molar-refractivity contribution in [3.63, 3.8) is 0 Å². The molecule has 8 aromatic rings. The molecule has 0 atom stereocenters. The average molecular weight is 613 g/mol. The molecule has 0 radical (unpaired) electrons. The van der Waals surface area contributed by atoms with E-state index >= 15 is 0 Å². The maximum absolute atomic E-state index is 5.35. The fourth-order valence-electron chi connectivity index (χ4n) is 6.87. The van der Waals surface area contributed by atoms with E-state index in [1.165, 1.54) is 64.8 Å². The summed E-state index contributed by atoms with van der Waals surface area (Å²) in [4.78, 5) is 5.35. The van der Waals surface area contributed by atoms with Crippen LogP contribution >= 0.6 is 11.3 Å². The van der Waals surface area contributed by atoms with Crippen molar-refractivity contribution in [1.82, 2.24) is 9.55 Å². The van der Waals surface area contributed by atoms with Crippen LogP contribution in [0.2, 0.25) is 0 Å². The number of nitrogens with zero attached hydrogens (tertiary/aromatic N) is 2. The van der Waals surface area contributed by atoms with Crippen LogP contribution in [-0.2, 0) is 0 Å². The maximum Gasteiger partial charge on any atom is 0.147 e. The van der Waals surface area contributed by atoms with Gasteiger partial charge >= 0.3 is 0 Å². The van der Waals surface area contributed by atoms with Gasteiger partial charge in [0.25, 0.3) is 0 Å². The van der Waals surface area contributed by atoms with Crippen LogP contribution in [0.5, 0.6) is 0 Å². The van der Waals surface area contributed by atoms with Crippen LogP contribution in [-0.4, -0.2) is 9.55 Å². The third-order valence-electron chi connectivity index (χ3n) is 9.17. The second-order valence-corrected chi connectivity index (χ2v) is 13.8. The number of rotatable bonds is 6. The molecule has 0 saturated carbocycles. The lowest BCUT2D eigenvalue weighted by Gasteiger charge is -2.22. The molecule has 0 aliphatic carbocycles. The van der Waals surface area contributed by atoms with Crippen LogP contribution in [0, 0.1) is 0 Å². The van der Waals surface area contributed by atoms with Crippen molar-refractivity contribution < 1.29 is 0 Å². The van der Waals surface area contributed by atoms with Gasteiger partial charge in [-0.2, -0.15) is 0 Å². The lowest BCUT2D eigenvalue weighted by atomic mass is 9.92. The highest BCUT2D eigenvalue weighted by Crippen LogP contribution is 2.44. The van der Waals surface area contributed by atoms with Crippen molar-refractivity contribution in [2.45, 2.75) is 39.5 Å². The highest BCUT2D eigenvalue weighted by Gasteiger charge is 2.23. The summed E-state index contributed by atoms with van der Waals surface area (Å²) in [6.45, 7) is 9.17. The largest absolute Gasteiger partial charge is 0.292 e. The molecule has 224 valence electrons. The van der Waals surface area contributed by atoms with E-state index in [0.29, 0.717) is 11.8 Å². The van der Waals surface area contributed by atoms with Crippen molar-refractivity contribution >= 4 is 42.5 Å². The zero-order chi connectivity index (χ0) is 31.4. The Morgan fingerprint density at radius 2 is 1.17 bits per heavy atom. The normalized spacial score (nSPS) is 11.9. The van der Waals surface area contributed by atoms with Gasteiger partial charge in [0.2, 0.25) is 0 Å². The van der Waals surface area contributed by atoms with E-state index in [4.69, 9.17) is 4.98 Å². The molecule has 6 aromatic carbocycles. The number of fused-ring (bicyclic) bond motifs is 4. The summed E-state index contributed by atoms with van der Waals surface area (Å²) in [6.07, 6.45) is 0. The summed E-state index contributed by atoms with van der Waals surface area (Å²) in [5.41, 5.74) is 12.2. The summed E-state index contributed by atoms with van der Waals surface area (Å²) in [7, 11) is 0. The molecular weight excluding hydrogens is 577 g/mol. The van der Waals surface area contributed by atoms with Gasteiger partial charge in [-0.15, -0.1) is 11.3 Å². The zero-order valence-corrected chi connectivity index (χ0v) is 27.5. The molecule has 0 aliphatic heterocycles. The van der Waals surface area contributed by atoms with Crippen molar-refractivity contribution in [3.8, 4) is 39.3 Å². The smallest absolute Gasteiger partial charge is 0.147 e. The first-order valence-corrected chi connectivity index (χ1v) is 17.0. The van der Waals surface area contributed by atoms with Crippen LogP contribution in [0.4, 0.5) is 0 Å². The topological polar surface area (TPSA) is 17.8 Å².